The van der Waals surface area contributed by atoms with Crippen LogP contribution in [0.5, 0.6) is 5.75 Å². The van der Waals surface area contributed by atoms with Gasteiger partial charge in [0.2, 0.25) is 0 Å². The van der Waals surface area contributed by atoms with Gasteiger partial charge < -0.3 is 10.1 Å². The second-order valence-electron chi connectivity index (χ2n) is 4.05. The first kappa shape index (κ1) is 13.1. The zero-order chi connectivity index (χ0) is 13.0. The van der Waals surface area contributed by atoms with Gasteiger partial charge in [-0.2, -0.15) is 0 Å². The summed E-state index contributed by atoms with van der Waals surface area (Å²) in [4.78, 5) is 5.57. The van der Waals surface area contributed by atoms with Gasteiger partial charge in [0.15, 0.2) is 0 Å². The van der Waals surface area contributed by atoms with Crippen LogP contribution in [-0.4, -0.2) is 18.6 Å². The highest BCUT2D eigenvalue weighted by molar-refractivity contribution is 7.11. The summed E-state index contributed by atoms with van der Waals surface area (Å²) >= 11 is 1.73. The number of ether oxygens (including phenoxy) is 1. The van der Waals surface area contributed by atoms with Crippen LogP contribution in [0.3, 0.4) is 0 Å². The average Bonchev–Trinajstić information content (AvgIpc) is 2.82. The van der Waals surface area contributed by atoms with Crippen LogP contribution in [0.2, 0.25) is 0 Å². The van der Waals surface area contributed by atoms with Crippen LogP contribution < -0.4 is 10.1 Å². The van der Waals surface area contributed by atoms with E-state index in [4.69, 9.17) is 4.74 Å². The second-order valence-corrected chi connectivity index (χ2v) is 5.32. The molecular formula is C14H18N2OS. The molecule has 0 spiro atoms. The number of nitrogens with one attached hydrogen (secondary N) is 1. The van der Waals surface area contributed by atoms with Crippen LogP contribution in [0.25, 0.3) is 0 Å². The number of thiazole rings is 1. The Hall–Kier alpha value is -1.39. The lowest BCUT2D eigenvalue weighted by Crippen LogP contribution is -2.21. The van der Waals surface area contributed by atoms with Gasteiger partial charge in [0.05, 0.1) is 18.2 Å². The first-order chi connectivity index (χ1) is 8.74. The number of hydrogen-bond acceptors (Lipinski definition) is 4. The maximum Gasteiger partial charge on any atom is 0.119 e. The van der Waals surface area contributed by atoms with E-state index in [9.17, 15) is 0 Å². The molecule has 0 saturated carbocycles. The largest absolute Gasteiger partial charge is 0.497 e. The number of aryl methyl sites for hydroxylation is 1. The van der Waals surface area contributed by atoms with Gasteiger partial charge in [0.25, 0.3) is 0 Å². The second kappa shape index (κ2) is 5.98. The van der Waals surface area contributed by atoms with E-state index in [1.807, 2.05) is 25.3 Å². The number of aromatic nitrogens is 1. The van der Waals surface area contributed by atoms with Crippen molar-refractivity contribution < 1.29 is 4.74 Å². The molecular weight excluding hydrogens is 244 g/mol. The molecule has 0 aliphatic carbocycles. The minimum absolute atomic E-state index is 0.191. The van der Waals surface area contributed by atoms with Crippen molar-refractivity contribution in [2.75, 3.05) is 13.7 Å². The van der Waals surface area contributed by atoms with Crippen LogP contribution in [0.4, 0.5) is 0 Å². The van der Waals surface area contributed by atoms with E-state index in [0.29, 0.717) is 0 Å². The van der Waals surface area contributed by atoms with Crippen LogP contribution >= 0.6 is 11.3 Å². The van der Waals surface area contributed by atoms with Crippen LogP contribution in [0.15, 0.2) is 30.5 Å². The smallest absolute Gasteiger partial charge is 0.119 e. The predicted molar refractivity (Wildman–Crippen MR) is 75.4 cm³/mol. The quantitative estimate of drug-likeness (QED) is 0.898. The summed E-state index contributed by atoms with van der Waals surface area (Å²) in [6, 6.07) is 8.36. The maximum absolute atomic E-state index is 5.28. The minimum atomic E-state index is 0.191. The Morgan fingerprint density at radius 2 is 2.28 bits per heavy atom. The van der Waals surface area contributed by atoms with Gasteiger partial charge in [-0.25, -0.2) is 4.98 Å². The van der Waals surface area contributed by atoms with Crippen molar-refractivity contribution in [2.24, 2.45) is 0 Å². The number of hydrogen-bond donors (Lipinski definition) is 1. The Bertz CT molecular complexity index is 510. The summed E-state index contributed by atoms with van der Waals surface area (Å²) in [5.74, 6) is 0.886. The molecule has 4 heteroatoms. The highest BCUT2D eigenvalue weighted by Crippen LogP contribution is 2.28. The molecule has 0 bridgehead atoms. The van der Waals surface area contributed by atoms with E-state index in [1.54, 1.807) is 18.4 Å². The fraction of sp³-hybridized carbons (Fsp3) is 0.357. The van der Waals surface area contributed by atoms with E-state index in [2.05, 4.69) is 29.4 Å². The van der Waals surface area contributed by atoms with Crippen LogP contribution in [0, 0.1) is 6.92 Å². The highest BCUT2D eigenvalue weighted by atomic mass is 32.1. The number of methoxy groups -OCH3 is 1. The van der Waals surface area contributed by atoms with Crippen molar-refractivity contribution in [3.63, 3.8) is 0 Å². The Balaban J connectivity index is 2.34. The molecule has 18 heavy (non-hydrogen) atoms. The van der Waals surface area contributed by atoms with Gasteiger partial charge >= 0.3 is 0 Å². The van der Waals surface area contributed by atoms with Crippen LogP contribution in [0.1, 0.15) is 28.4 Å². The van der Waals surface area contributed by atoms with E-state index in [0.717, 1.165) is 17.3 Å². The molecule has 0 radical (unpaired) electrons. The molecule has 0 aliphatic heterocycles. The highest BCUT2D eigenvalue weighted by Gasteiger charge is 2.15. The van der Waals surface area contributed by atoms with E-state index in [1.165, 1.54) is 10.4 Å². The van der Waals surface area contributed by atoms with Crippen molar-refractivity contribution in [2.45, 2.75) is 19.9 Å². The van der Waals surface area contributed by atoms with E-state index in [-0.39, 0.29) is 6.04 Å². The fourth-order valence-corrected chi connectivity index (χ4v) is 2.81. The summed E-state index contributed by atoms with van der Waals surface area (Å²) < 4.78 is 5.28. The average molecular weight is 262 g/mol. The van der Waals surface area contributed by atoms with Crippen molar-refractivity contribution >= 4 is 11.3 Å². The van der Waals surface area contributed by atoms with Crippen molar-refractivity contribution in [1.29, 1.82) is 0 Å². The SMILES string of the molecule is CCNC(c1cccc(OC)c1)c1cnc(C)s1. The third kappa shape index (κ3) is 2.89. The Morgan fingerprint density at radius 3 is 2.89 bits per heavy atom. The lowest BCUT2D eigenvalue weighted by molar-refractivity contribution is 0.413. The molecule has 0 aliphatic rings. The summed E-state index contributed by atoms with van der Waals surface area (Å²) in [5, 5.41) is 4.59. The topological polar surface area (TPSA) is 34.1 Å². The molecule has 96 valence electrons. The van der Waals surface area contributed by atoms with E-state index >= 15 is 0 Å². The Labute approximate surface area is 112 Å². The summed E-state index contributed by atoms with van der Waals surface area (Å²) in [5.41, 5.74) is 1.21. The Morgan fingerprint density at radius 1 is 1.44 bits per heavy atom. The van der Waals surface area contributed by atoms with Crippen LogP contribution in [-0.2, 0) is 0 Å². The number of benzene rings is 1. The van der Waals surface area contributed by atoms with Gasteiger partial charge in [0, 0.05) is 11.1 Å². The molecule has 2 rings (SSSR count). The van der Waals surface area contributed by atoms with E-state index < -0.39 is 0 Å². The third-order valence-electron chi connectivity index (χ3n) is 2.76. The third-order valence-corrected chi connectivity index (χ3v) is 3.74. The van der Waals surface area contributed by atoms with Gasteiger partial charge in [-0.3, -0.25) is 0 Å². The monoisotopic (exact) mass is 262 g/mol. The summed E-state index contributed by atoms with van der Waals surface area (Å²) in [6.45, 7) is 5.06. The molecule has 3 nitrogen and oxygen atoms in total. The van der Waals surface area contributed by atoms with Crippen molar-refractivity contribution in [3.05, 3.63) is 45.9 Å². The zero-order valence-electron chi connectivity index (χ0n) is 10.9. The maximum atomic E-state index is 5.28. The molecule has 1 heterocycles. The standard InChI is InChI=1S/C14H18N2OS/c1-4-15-14(13-9-16-10(2)18-13)11-6-5-7-12(8-11)17-3/h5-9,14-15H,4H2,1-3H3. The molecule has 0 saturated heterocycles. The van der Waals surface area contributed by atoms with Gasteiger partial charge in [-0.15, -0.1) is 11.3 Å². The number of nitrogens with zero attached hydrogens (tertiary/aromatic N) is 1. The lowest BCUT2D eigenvalue weighted by Gasteiger charge is -2.17. The first-order valence-corrected chi connectivity index (χ1v) is 6.86. The molecule has 1 unspecified atom stereocenters. The summed E-state index contributed by atoms with van der Waals surface area (Å²) in [7, 11) is 1.69. The molecule has 0 amide bonds. The van der Waals surface area contributed by atoms with Crippen molar-refractivity contribution in [3.8, 4) is 5.75 Å². The van der Waals surface area contributed by atoms with Crippen molar-refractivity contribution in [1.82, 2.24) is 10.3 Å². The fourth-order valence-electron chi connectivity index (χ4n) is 1.92. The molecule has 0 fully saturated rings. The van der Waals surface area contributed by atoms with Gasteiger partial charge in [-0.05, 0) is 31.2 Å². The van der Waals surface area contributed by atoms with Gasteiger partial charge in [0.1, 0.15) is 5.75 Å². The molecule has 1 aromatic heterocycles. The normalized spacial score (nSPS) is 12.4. The Kier molecular flexibility index (Phi) is 4.33. The minimum Gasteiger partial charge on any atom is -0.497 e. The summed E-state index contributed by atoms with van der Waals surface area (Å²) in [6.07, 6.45) is 1.95. The van der Waals surface area contributed by atoms with Gasteiger partial charge in [-0.1, -0.05) is 19.1 Å². The molecule has 2 aromatic rings. The predicted octanol–water partition coefficient (Wildman–Crippen LogP) is 3.16. The lowest BCUT2D eigenvalue weighted by atomic mass is 10.1. The zero-order valence-corrected chi connectivity index (χ0v) is 11.8. The molecule has 1 N–H and O–H groups in total. The molecule has 1 atom stereocenters. The molecule has 1 aromatic carbocycles. The first-order valence-electron chi connectivity index (χ1n) is 6.04. The number of rotatable bonds is 5.